The number of aryl methyl sites for hydroxylation is 2. The van der Waals surface area contributed by atoms with Crippen LogP contribution in [0.15, 0.2) is 30.3 Å². The van der Waals surface area contributed by atoms with Crippen LogP contribution in [0.2, 0.25) is 0 Å². The second-order valence-corrected chi connectivity index (χ2v) is 8.10. The maximum Gasteiger partial charge on any atom is 0.264 e. The average molecular weight is 395 g/mol. The molecule has 2 heterocycles. The van der Waals surface area contributed by atoms with E-state index >= 15 is 0 Å². The first-order chi connectivity index (χ1) is 12.2. The fourth-order valence-electron chi connectivity index (χ4n) is 3.75. The van der Waals surface area contributed by atoms with Crippen molar-refractivity contribution < 1.29 is 9.18 Å². The number of carbonyl (C=O) groups is 1. The average Bonchev–Trinajstić information content (AvgIpc) is 3.06. The van der Waals surface area contributed by atoms with Crippen molar-refractivity contribution in [3.63, 3.8) is 0 Å². The Balaban J connectivity index is 0.00000196. The molecular formula is C20H24ClFN2OS. The molecule has 4 rings (SSSR count). The lowest BCUT2D eigenvalue weighted by Crippen LogP contribution is -2.48. The molecule has 1 aliphatic carbocycles. The Bertz CT molecular complexity index is 747. The van der Waals surface area contributed by atoms with Gasteiger partial charge in [0.1, 0.15) is 5.82 Å². The van der Waals surface area contributed by atoms with Crippen molar-refractivity contribution in [1.29, 1.82) is 0 Å². The minimum absolute atomic E-state index is 0. The van der Waals surface area contributed by atoms with E-state index in [1.54, 1.807) is 23.5 Å². The molecule has 1 amide bonds. The predicted octanol–water partition coefficient (Wildman–Crippen LogP) is 4.15. The summed E-state index contributed by atoms with van der Waals surface area (Å²) in [5, 5.41) is 0. The van der Waals surface area contributed by atoms with Crippen LogP contribution in [0.1, 0.15) is 38.5 Å². The Morgan fingerprint density at radius 2 is 1.85 bits per heavy atom. The summed E-state index contributed by atoms with van der Waals surface area (Å²) in [4.78, 5) is 19.4. The van der Waals surface area contributed by atoms with E-state index in [1.807, 2.05) is 11.0 Å². The van der Waals surface area contributed by atoms with Crippen LogP contribution in [0, 0.1) is 5.82 Å². The SMILES string of the molecule is Cl.O=C(c1cc2c(s1)CCCC2)N1CCN(Cc2cccc(F)c2)CC1. The smallest absolute Gasteiger partial charge is 0.264 e. The number of carbonyl (C=O) groups excluding carboxylic acids is 1. The largest absolute Gasteiger partial charge is 0.335 e. The van der Waals surface area contributed by atoms with Gasteiger partial charge in [0.2, 0.25) is 0 Å². The molecule has 0 spiro atoms. The van der Waals surface area contributed by atoms with Crippen molar-refractivity contribution in [3.8, 4) is 0 Å². The van der Waals surface area contributed by atoms with Crippen LogP contribution in [-0.4, -0.2) is 41.9 Å². The van der Waals surface area contributed by atoms with Gasteiger partial charge in [0.05, 0.1) is 4.88 Å². The molecule has 1 aromatic heterocycles. The molecule has 1 fully saturated rings. The Labute approximate surface area is 164 Å². The molecule has 0 saturated carbocycles. The molecule has 140 valence electrons. The fraction of sp³-hybridized carbons (Fsp3) is 0.450. The third-order valence-electron chi connectivity index (χ3n) is 5.16. The summed E-state index contributed by atoms with van der Waals surface area (Å²) in [5.41, 5.74) is 2.38. The molecule has 1 saturated heterocycles. The minimum atomic E-state index is -0.187. The maximum atomic E-state index is 13.3. The van der Waals surface area contributed by atoms with E-state index in [0.29, 0.717) is 0 Å². The second-order valence-electron chi connectivity index (χ2n) is 6.96. The van der Waals surface area contributed by atoms with E-state index in [9.17, 15) is 9.18 Å². The zero-order valence-corrected chi connectivity index (χ0v) is 16.4. The highest BCUT2D eigenvalue weighted by Gasteiger charge is 2.25. The van der Waals surface area contributed by atoms with Crippen LogP contribution in [0.4, 0.5) is 4.39 Å². The van der Waals surface area contributed by atoms with Crippen LogP contribution < -0.4 is 0 Å². The predicted molar refractivity (Wildman–Crippen MR) is 106 cm³/mol. The van der Waals surface area contributed by atoms with E-state index in [0.717, 1.165) is 56.0 Å². The quantitative estimate of drug-likeness (QED) is 0.780. The number of benzene rings is 1. The van der Waals surface area contributed by atoms with Gasteiger partial charge in [0.25, 0.3) is 5.91 Å². The van der Waals surface area contributed by atoms with E-state index in [-0.39, 0.29) is 24.1 Å². The number of rotatable bonds is 3. The molecular weight excluding hydrogens is 371 g/mol. The molecule has 2 aromatic rings. The molecule has 0 bridgehead atoms. The highest BCUT2D eigenvalue weighted by Crippen LogP contribution is 2.30. The van der Waals surface area contributed by atoms with Gasteiger partial charge in [0.15, 0.2) is 0 Å². The van der Waals surface area contributed by atoms with Gasteiger partial charge in [-0.25, -0.2) is 4.39 Å². The summed E-state index contributed by atoms with van der Waals surface area (Å²) in [6.07, 6.45) is 4.76. The van der Waals surface area contributed by atoms with Crippen LogP contribution >= 0.6 is 23.7 Å². The fourth-order valence-corrected chi connectivity index (χ4v) is 4.98. The lowest BCUT2D eigenvalue weighted by molar-refractivity contribution is 0.0633. The van der Waals surface area contributed by atoms with Gasteiger partial charge in [-0.3, -0.25) is 9.69 Å². The number of halogens is 2. The second kappa shape index (κ2) is 8.51. The zero-order chi connectivity index (χ0) is 17.2. The normalized spacial score (nSPS) is 17.5. The van der Waals surface area contributed by atoms with Gasteiger partial charge >= 0.3 is 0 Å². The van der Waals surface area contributed by atoms with Crippen molar-refractivity contribution in [2.75, 3.05) is 26.2 Å². The van der Waals surface area contributed by atoms with Crippen molar-refractivity contribution in [2.24, 2.45) is 0 Å². The van der Waals surface area contributed by atoms with Gasteiger partial charge in [-0.2, -0.15) is 0 Å². The van der Waals surface area contributed by atoms with Crippen molar-refractivity contribution in [1.82, 2.24) is 9.80 Å². The molecule has 2 aliphatic rings. The van der Waals surface area contributed by atoms with E-state index in [1.165, 1.54) is 29.3 Å². The van der Waals surface area contributed by atoms with Crippen molar-refractivity contribution in [2.45, 2.75) is 32.2 Å². The molecule has 0 radical (unpaired) electrons. The number of hydrogen-bond acceptors (Lipinski definition) is 3. The summed E-state index contributed by atoms with van der Waals surface area (Å²) in [6, 6.07) is 8.90. The van der Waals surface area contributed by atoms with Crippen molar-refractivity contribution >= 4 is 29.7 Å². The summed E-state index contributed by atoms with van der Waals surface area (Å²) >= 11 is 1.70. The number of piperazine rings is 1. The van der Waals surface area contributed by atoms with Crippen LogP contribution in [-0.2, 0) is 19.4 Å². The Kier molecular flexibility index (Phi) is 6.33. The monoisotopic (exact) mass is 394 g/mol. The molecule has 6 heteroatoms. The molecule has 3 nitrogen and oxygen atoms in total. The van der Waals surface area contributed by atoms with E-state index < -0.39 is 0 Å². The van der Waals surface area contributed by atoms with Crippen LogP contribution in [0.3, 0.4) is 0 Å². The molecule has 0 atom stereocenters. The topological polar surface area (TPSA) is 23.6 Å². The third kappa shape index (κ3) is 4.27. The number of fused-ring (bicyclic) bond motifs is 1. The Hall–Kier alpha value is -1.43. The van der Waals surface area contributed by atoms with E-state index in [4.69, 9.17) is 0 Å². The van der Waals surface area contributed by atoms with E-state index in [2.05, 4.69) is 11.0 Å². The molecule has 26 heavy (non-hydrogen) atoms. The first-order valence-electron chi connectivity index (χ1n) is 9.07. The molecule has 0 unspecified atom stereocenters. The molecule has 1 aromatic carbocycles. The van der Waals surface area contributed by atoms with Gasteiger partial charge in [-0.05, 0) is 55.0 Å². The summed E-state index contributed by atoms with van der Waals surface area (Å²) in [7, 11) is 0. The number of nitrogens with zero attached hydrogens (tertiary/aromatic N) is 2. The zero-order valence-electron chi connectivity index (χ0n) is 14.7. The lowest BCUT2D eigenvalue weighted by atomic mass is 9.99. The first-order valence-corrected chi connectivity index (χ1v) is 9.88. The minimum Gasteiger partial charge on any atom is -0.335 e. The standard InChI is InChI=1S/C20H23FN2OS.ClH/c21-17-6-3-4-15(12-17)14-22-8-10-23(11-9-22)20(24)19-13-16-5-1-2-7-18(16)25-19;/h3-4,6,12-13H,1-2,5,7-11,14H2;1H. The Morgan fingerprint density at radius 1 is 1.08 bits per heavy atom. The maximum absolute atomic E-state index is 13.3. The summed E-state index contributed by atoms with van der Waals surface area (Å²) in [5.74, 6) is -0.00205. The lowest BCUT2D eigenvalue weighted by Gasteiger charge is -2.34. The van der Waals surface area contributed by atoms with Crippen LogP contribution in [0.5, 0.6) is 0 Å². The summed E-state index contributed by atoms with van der Waals surface area (Å²) < 4.78 is 13.3. The van der Waals surface area contributed by atoms with Crippen molar-refractivity contribution in [3.05, 3.63) is 57.0 Å². The summed E-state index contributed by atoms with van der Waals surface area (Å²) in [6.45, 7) is 3.92. The molecule has 1 aliphatic heterocycles. The van der Waals surface area contributed by atoms with Crippen LogP contribution in [0.25, 0.3) is 0 Å². The van der Waals surface area contributed by atoms with Gasteiger partial charge < -0.3 is 4.90 Å². The van der Waals surface area contributed by atoms with Gasteiger partial charge in [-0.15, -0.1) is 23.7 Å². The van der Waals surface area contributed by atoms with Gasteiger partial charge in [0, 0.05) is 37.6 Å². The van der Waals surface area contributed by atoms with Gasteiger partial charge in [-0.1, -0.05) is 12.1 Å². The highest BCUT2D eigenvalue weighted by atomic mass is 35.5. The Morgan fingerprint density at radius 3 is 2.58 bits per heavy atom. The third-order valence-corrected chi connectivity index (χ3v) is 6.39. The number of amides is 1. The molecule has 0 N–H and O–H groups in total. The first kappa shape index (κ1) is 19.3. The number of thiophene rings is 1. The number of hydrogen-bond donors (Lipinski definition) is 0. The highest BCUT2D eigenvalue weighted by molar-refractivity contribution is 7.14.